The van der Waals surface area contributed by atoms with Crippen molar-refractivity contribution >= 4 is 17.0 Å². The van der Waals surface area contributed by atoms with Gasteiger partial charge in [0.2, 0.25) is 11.6 Å². The van der Waals surface area contributed by atoms with Crippen molar-refractivity contribution in [3.63, 3.8) is 0 Å². The molecule has 1 aliphatic heterocycles. The highest BCUT2D eigenvalue weighted by molar-refractivity contribution is 7.07. The summed E-state index contributed by atoms with van der Waals surface area (Å²) in [6, 6.07) is 24.2. The Morgan fingerprint density at radius 2 is 1.79 bits per heavy atom. The smallest absolute Gasteiger partial charge is 0.231 e. The highest BCUT2D eigenvalue weighted by Crippen LogP contribution is 2.33. The van der Waals surface area contributed by atoms with Gasteiger partial charge in [0.05, 0.1) is 18.5 Å². The van der Waals surface area contributed by atoms with E-state index in [0.717, 1.165) is 51.0 Å². The van der Waals surface area contributed by atoms with Crippen LogP contribution in [0, 0.1) is 0 Å². The van der Waals surface area contributed by atoms with E-state index in [9.17, 15) is 0 Å². The maximum absolute atomic E-state index is 5.62. The van der Waals surface area contributed by atoms with Crippen LogP contribution in [0.2, 0.25) is 0 Å². The van der Waals surface area contributed by atoms with Crippen LogP contribution in [0.3, 0.4) is 0 Å². The number of benzene rings is 3. The fraction of sp³-hybridized carbons (Fsp3) is 0.185. The molecule has 1 aliphatic rings. The Balaban J connectivity index is 1.55. The Kier molecular flexibility index (Phi) is 6.44. The molecule has 3 aromatic carbocycles. The van der Waals surface area contributed by atoms with Gasteiger partial charge in [-0.15, -0.1) is 11.3 Å². The number of rotatable bonds is 7. The summed E-state index contributed by atoms with van der Waals surface area (Å²) in [6.07, 6.45) is 0.869. The van der Waals surface area contributed by atoms with Crippen LogP contribution in [0.1, 0.15) is 18.1 Å². The zero-order chi connectivity index (χ0) is 23.3. The van der Waals surface area contributed by atoms with E-state index >= 15 is 0 Å². The predicted molar refractivity (Wildman–Crippen MR) is 135 cm³/mol. The van der Waals surface area contributed by atoms with Gasteiger partial charge in [0.1, 0.15) is 5.75 Å². The molecule has 0 amide bonds. The lowest BCUT2D eigenvalue weighted by molar-refractivity contribution is 0.174. The summed E-state index contributed by atoms with van der Waals surface area (Å²) in [7, 11) is 1.68. The van der Waals surface area contributed by atoms with E-state index in [1.165, 1.54) is 5.56 Å². The number of fused-ring (bicyclic) bond motifs is 1. The van der Waals surface area contributed by atoms with Crippen molar-refractivity contribution in [2.75, 3.05) is 20.4 Å². The molecule has 0 saturated carbocycles. The minimum absolute atomic E-state index is 0.247. The van der Waals surface area contributed by atoms with Crippen LogP contribution in [0.4, 0.5) is 0 Å². The van der Waals surface area contributed by atoms with Gasteiger partial charge in [-0.05, 0) is 49.2 Å². The molecule has 1 aromatic heterocycles. The Morgan fingerprint density at radius 3 is 2.65 bits per heavy atom. The van der Waals surface area contributed by atoms with Gasteiger partial charge in [0, 0.05) is 23.1 Å². The highest BCUT2D eigenvalue weighted by atomic mass is 32.1. The lowest BCUT2D eigenvalue weighted by Gasteiger charge is -2.10. The molecule has 0 saturated heterocycles. The molecule has 5 rings (SSSR count). The molecule has 0 aliphatic carbocycles. The molecule has 0 bridgehead atoms. The van der Waals surface area contributed by atoms with E-state index in [1.54, 1.807) is 18.4 Å². The first-order chi connectivity index (χ1) is 16.7. The summed E-state index contributed by atoms with van der Waals surface area (Å²) in [5, 5.41) is 7.07. The average Bonchev–Trinajstić information content (AvgIpc) is 3.51. The number of ether oxygens (including phenoxy) is 3. The molecule has 0 atom stereocenters. The number of thiazole rings is 1. The molecule has 6 nitrogen and oxygen atoms in total. The highest BCUT2D eigenvalue weighted by Gasteiger charge is 2.16. The van der Waals surface area contributed by atoms with Crippen LogP contribution in [-0.4, -0.2) is 30.8 Å². The van der Waals surface area contributed by atoms with Gasteiger partial charge in [-0.1, -0.05) is 42.5 Å². The topological polar surface area (TPSA) is 57.3 Å². The van der Waals surface area contributed by atoms with Crippen molar-refractivity contribution in [2.24, 2.45) is 10.1 Å². The lowest BCUT2D eigenvalue weighted by atomic mass is 10.1. The van der Waals surface area contributed by atoms with Gasteiger partial charge in [-0.3, -0.25) is 4.99 Å². The molecule has 0 fully saturated rings. The summed E-state index contributed by atoms with van der Waals surface area (Å²) in [5.74, 6) is 2.28. The second kappa shape index (κ2) is 9.97. The van der Waals surface area contributed by atoms with E-state index in [2.05, 4.69) is 29.6 Å². The van der Waals surface area contributed by atoms with E-state index in [0.29, 0.717) is 6.54 Å². The molecule has 2 heterocycles. The normalized spacial score (nSPS) is 13.4. The van der Waals surface area contributed by atoms with Gasteiger partial charge in [0.15, 0.2) is 11.5 Å². The summed E-state index contributed by atoms with van der Waals surface area (Å²) in [4.78, 5) is 5.73. The Bertz CT molecular complexity index is 1390. The van der Waals surface area contributed by atoms with Crippen LogP contribution in [-0.2, 0) is 6.42 Å². The molecule has 0 radical (unpaired) electrons. The Labute approximate surface area is 202 Å². The largest absolute Gasteiger partial charge is 0.496 e. The van der Waals surface area contributed by atoms with Crippen molar-refractivity contribution in [2.45, 2.75) is 13.3 Å². The quantitative estimate of drug-likeness (QED) is 0.341. The molecule has 0 unspecified atom stereocenters. The lowest BCUT2D eigenvalue weighted by Crippen LogP contribution is -2.15. The van der Waals surface area contributed by atoms with Crippen LogP contribution in [0.25, 0.3) is 11.3 Å². The third-order valence-electron chi connectivity index (χ3n) is 5.60. The van der Waals surface area contributed by atoms with E-state index in [1.807, 2.05) is 60.1 Å². The van der Waals surface area contributed by atoms with Gasteiger partial charge in [0.25, 0.3) is 0 Å². The number of hydrogen-bond donors (Lipinski definition) is 0. The van der Waals surface area contributed by atoms with E-state index < -0.39 is 0 Å². The van der Waals surface area contributed by atoms with E-state index in [4.69, 9.17) is 24.3 Å². The van der Waals surface area contributed by atoms with Crippen molar-refractivity contribution < 1.29 is 14.2 Å². The van der Waals surface area contributed by atoms with Crippen LogP contribution in [0.5, 0.6) is 17.2 Å². The predicted octanol–water partition coefficient (Wildman–Crippen LogP) is 5.37. The van der Waals surface area contributed by atoms with Gasteiger partial charge < -0.3 is 14.2 Å². The number of para-hydroxylation sites is 1. The molecule has 0 N–H and O–H groups in total. The second-order valence-corrected chi connectivity index (χ2v) is 8.62. The monoisotopic (exact) mass is 471 g/mol. The molecule has 7 heteroatoms. The fourth-order valence-corrected chi connectivity index (χ4v) is 4.65. The SMILES string of the molecule is COc1ccccc1-c1csc(=NCCc2ccccc2)n1N=C(C)c1ccc2c(c1)OCO2. The summed E-state index contributed by atoms with van der Waals surface area (Å²) in [6.45, 7) is 2.91. The number of methoxy groups -OCH3 is 1. The van der Waals surface area contributed by atoms with Crippen LogP contribution >= 0.6 is 11.3 Å². The first kappa shape index (κ1) is 22.0. The van der Waals surface area contributed by atoms with Gasteiger partial charge in [-0.2, -0.15) is 5.10 Å². The minimum atomic E-state index is 0.247. The number of aromatic nitrogens is 1. The third-order valence-corrected chi connectivity index (χ3v) is 6.45. The zero-order valence-corrected chi connectivity index (χ0v) is 19.9. The zero-order valence-electron chi connectivity index (χ0n) is 19.1. The summed E-state index contributed by atoms with van der Waals surface area (Å²) in [5.41, 5.74) is 4.97. The molecule has 172 valence electrons. The third kappa shape index (κ3) is 4.61. The summed E-state index contributed by atoms with van der Waals surface area (Å²) < 4.78 is 18.5. The molecule has 4 aromatic rings. The maximum atomic E-state index is 5.62. The molecule has 0 spiro atoms. The van der Waals surface area contributed by atoms with Crippen molar-refractivity contribution in [1.29, 1.82) is 0 Å². The summed E-state index contributed by atoms with van der Waals surface area (Å²) >= 11 is 1.57. The first-order valence-electron chi connectivity index (χ1n) is 11.1. The maximum Gasteiger partial charge on any atom is 0.231 e. The second-order valence-electron chi connectivity index (χ2n) is 7.79. The fourth-order valence-electron chi connectivity index (χ4n) is 3.80. The number of hydrogen-bond acceptors (Lipinski definition) is 6. The number of nitrogens with zero attached hydrogens (tertiary/aromatic N) is 3. The van der Waals surface area contributed by atoms with E-state index in [-0.39, 0.29) is 6.79 Å². The standard InChI is InChI=1S/C27H25N3O3S/c1-19(21-12-13-25-26(16-21)33-18-32-25)29-30-23(22-10-6-7-11-24(22)31-2)17-34-27(30)28-15-14-20-8-4-3-5-9-20/h3-13,16-17H,14-15,18H2,1-2H3. The van der Waals surface area contributed by atoms with Crippen molar-refractivity contribution in [3.05, 3.63) is 94.1 Å². The minimum Gasteiger partial charge on any atom is -0.496 e. The van der Waals surface area contributed by atoms with Crippen LogP contribution in [0.15, 0.2) is 88.3 Å². The van der Waals surface area contributed by atoms with Gasteiger partial charge >= 0.3 is 0 Å². The van der Waals surface area contributed by atoms with Crippen molar-refractivity contribution in [1.82, 2.24) is 4.68 Å². The first-order valence-corrected chi connectivity index (χ1v) is 11.9. The Morgan fingerprint density at radius 1 is 1.00 bits per heavy atom. The average molecular weight is 472 g/mol. The Hall–Kier alpha value is -3.84. The molecule has 34 heavy (non-hydrogen) atoms. The molecular weight excluding hydrogens is 446 g/mol. The van der Waals surface area contributed by atoms with Crippen LogP contribution < -0.4 is 19.0 Å². The molecular formula is C27H25N3O3S. The van der Waals surface area contributed by atoms with Crippen molar-refractivity contribution in [3.8, 4) is 28.5 Å². The van der Waals surface area contributed by atoms with Gasteiger partial charge in [-0.25, -0.2) is 4.68 Å².